The summed E-state index contributed by atoms with van der Waals surface area (Å²) in [5, 5.41) is 11.8. The summed E-state index contributed by atoms with van der Waals surface area (Å²) >= 11 is 0.399. The van der Waals surface area contributed by atoms with Gasteiger partial charge in [-0.3, -0.25) is 4.79 Å². The summed E-state index contributed by atoms with van der Waals surface area (Å²) in [6, 6.07) is 9.54. The number of thioether (sulfide) groups is 1. The molecule has 0 aliphatic carbocycles. The Balaban J connectivity index is 1.97. The molecule has 0 unspecified atom stereocenters. The van der Waals surface area contributed by atoms with Crippen molar-refractivity contribution < 1.29 is 23.1 Å². The van der Waals surface area contributed by atoms with E-state index in [9.17, 15) is 23.6 Å². The third-order valence-electron chi connectivity index (χ3n) is 4.40. The predicted octanol–water partition coefficient (Wildman–Crippen LogP) is 4.92. The molecule has 1 amide bonds. The lowest BCUT2D eigenvalue weighted by Crippen LogP contribution is -2.21. The van der Waals surface area contributed by atoms with E-state index in [0.717, 1.165) is 29.9 Å². The molecule has 0 aliphatic rings. The van der Waals surface area contributed by atoms with Crippen LogP contribution in [-0.2, 0) is 20.9 Å². The van der Waals surface area contributed by atoms with Crippen molar-refractivity contribution in [2.24, 2.45) is 0 Å². The minimum atomic E-state index is -2.53. The molecule has 0 bridgehead atoms. The topological polar surface area (TPSA) is 84.1 Å². The lowest BCUT2D eigenvalue weighted by Gasteiger charge is -2.08. The molecular formula is C22H23F2N3O3S. The third-order valence-corrected chi connectivity index (χ3v) is 5.12. The highest BCUT2D eigenvalue weighted by atomic mass is 32.2. The molecule has 164 valence electrons. The summed E-state index contributed by atoms with van der Waals surface area (Å²) in [4.78, 5) is 24.6. The zero-order chi connectivity index (χ0) is 23.0. The highest BCUT2D eigenvalue weighted by Gasteiger charge is 2.15. The minimum absolute atomic E-state index is 0.210. The van der Waals surface area contributed by atoms with Gasteiger partial charge in [0.2, 0.25) is 0 Å². The summed E-state index contributed by atoms with van der Waals surface area (Å²) in [6.07, 6.45) is 2.41. The van der Waals surface area contributed by atoms with Crippen molar-refractivity contribution in [2.45, 2.75) is 44.4 Å². The van der Waals surface area contributed by atoms with Crippen LogP contribution in [0.1, 0.15) is 30.3 Å². The van der Waals surface area contributed by atoms with Crippen molar-refractivity contribution >= 4 is 35.4 Å². The largest absolute Gasteiger partial charge is 0.451 e. The van der Waals surface area contributed by atoms with Gasteiger partial charge in [0.1, 0.15) is 11.6 Å². The Kier molecular flexibility index (Phi) is 8.82. The van der Waals surface area contributed by atoms with Crippen LogP contribution in [0.25, 0.3) is 6.08 Å². The highest BCUT2D eigenvalue weighted by molar-refractivity contribution is 7.99. The second-order valence-corrected chi connectivity index (χ2v) is 7.74. The van der Waals surface area contributed by atoms with Crippen molar-refractivity contribution in [1.29, 1.82) is 5.26 Å². The van der Waals surface area contributed by atoms with Crippen LogP contribution in [0.3, 0.4) is 0 Å². The molecule has 0 saturated heterocycles. The van der Waals surface area contributed by atoms with E-state index in [1.165, 1.54) is 30.3 Å². The van der Waals surface area contributed by atoms with Crippen molar-refractivity contribution in [1.82, 2.24) is 4.57 Å². The van der Waals surface area contributed by atoms with Crippen LogP contribution < -0.4 is 5.32 Å². The molecule has 1 aromatic heterocycles. The molecule has 0 radical (unpaired) electrons. The molecule has 0 fully saturated rings. The number of rotatable bonds is 9. The maximum atomic E-state index is 12.3. The summed E-state index contributed by atoms with van der Waals surface area (Å²) in [5.74, 6) is -4.04. The summed E-state index contributed by atoms with van der Waals surface area (Å²) in [5.41, 5.74) is 2.86. The standard InChI is InChI=1S/C22H23F2N3O3S/c1-4-9-27-14(2)10-16(15(27)3)11-17(12-25)21(29)30-13-20(28)26-18-5-7-19(8-6-18)31-22(23)24/h5-8,10-11,22H,4,9,13H2,1-3H3,(H,26,28). The van der Waals surface area contributed by atoms with Crippen LogP contribution >= 0.6 is 11.8 Å². The van der Waals surface area contributed by atoms with Crippen LogP contribution in [-0.4, -0.2) is 28.8 Å². The SMILES string of the molecule is CCCn1c(C)cc(C=C(C#N)C(=O)OCC(=O)Nc2ccc(SC(F)F)cc2)c1C. The molecule has 2 aromatic rings. The molecule has 2 rings (SSSR count). The number of anilines is 1. The van der Waals surface area contributed by atoms with Gasteiger partial charge in [-0.25, -0.2) is 4.79 Å². The van der Waals surface area contributed by atoms with Crippen molar-refractivity contribution in [3.8, 4) is 6.07 Å². The molecule has 6 nitrogen and oxygen atoms in total. The first-order valence-corrected chi connectivity index (χ1v) is 10.4. The first kappa shape index (κ1) is 24.2. The number of hydrogen-bond acceptors (Lipinski definition) is 5. The summed E-state index contributed by atoms with van der Waals surface area (Å²) < 4.78 is 31.7. The Bertz CT molecular complexity index is 1010. The lowest BCUT2D eigenvalue weighted by atomic mass is 10.1. The number of nitrogens with zero attached hydrogens (tertiary/aromatic N) is 2. The number of aromatic nitrogens is 1. The number of benzene rings is 1. The Labute approximate surface area is 183 Å². The van der Waals surface area contributed by atoms with Gasteiger partial charge in [0, 0.05) is 28.5 Å². The highest BCUT2D eigenvalue weighted by Crippen LogP contribution is 2.26. The Morgan fingerprint density at radius 1 is 1.29 bits per heavy atom. The fourth-order valence-corrected chi connectivity index (χ4v) is 3.46. The van der Waals surface area contributed by atoms with E-state index in [1.807, 2.05) is 26.0 Å². The van der Waals surface area contributed by atoms with Crippen LogP contribution in [0.4, 0.5) is 14.5 Å². The second kappa shape index (κ2) is 11.3. The molecule has 0 spiro atoms. The number of esters is 1. The molecule has 1 heterocycles. The van der Waals surface area contributed by atoms with Gasteiger partial charge < -0.3 is 14.6 Å². The molecule has 0 atom stereocenters. The normalized spacial score (nSPS) is 11.3. The molecule has 0 aliphatic heterocycles. The number of carbonyl (C=O) groups is 2. The average molecular weight is 448 g/mol. The summed E-state index contributed by atoms with van der Waals surface area (Å²) in [6.45, 7) is 6.18. The number of alkyl halides is 2. The van der Waals surface area contributed by atoms with Gasteiger partial charge in [-0.05, 0) is 62.2 Å². The average Bonchev–Trinajstić information content (AvgIpc) is 2.99. The number of halogens is 2. The quantitative estimate of drug-likeness (QED) is 0.255. The van der Waals surface area contributed by atoms with Gasteiger partial charge in [-0.1, -0.05) is 18.7 Å². The van der Waals surface area contributed by atoms with E-state index >= 15 is 0 Å². The molecule has 1 N–H and O–H groups in total. The van der Waals surface area contributed by atoms with E-state index in [4.69, 9.17) is 4.74 Å². The van der Waals surface area contributed by atoms with Gasteiger partial charge >= 0.3 is 5.97 Å². The second-order valence-electron chi connectivity index (χ2n) is 6.68. The van der Waals surface area contributed by atoms with E-state index in [0.29, 0.717) is 22.3 Å². The number of hydrogen-bond donors (Lipinski definition) is 1. The Morgan fingerprint density at radius 3 is 2.55 bits per heavy atom. The fraction of sp³-hybridized carbons (Fsp3) is 0.318. The monoisotopic (exact) mass is 447 g/mol. The maximum Gasteiger partial charge on any atom is 0.349 e. The number of carbonyl (C=O) groups excluding carboxylic acids is 2. The van der Waals surface area contributed by atoms with Crippen LogP contribution in [0.5, 0.6) is 0 Å². The summed E-state index contributed by atoms with van der Waals surface area (Å²) in [7, 11) is 0. The van der Waals surface area contributed by atoms with E-state index in [2.05, 4.69) is 16.8 Å². The maximum absolute atomic E-state index is 12.3. The minimum Gasteiger partial charge on any atom is -0.451 e. The number of amides is 1. The van der Waals surface area contributed by atoms with Gasteiger partial charge in [0.25, 0.3) is 11.7 Å². The zero-order valence-corrected chi connectivity index (χ0v) is 18.3. The first-order chi connectivity index (χ1) is 14.7. The number of ether oxygens (including phenoxy) is 1. The number of aryl methyl sites for hydroxylation is 1. The first-order valence-electron chi connectivity index (χ1n) is 9.55. The molecule has 31 heavy (non-hydrogen) atoms. The van der Waals surface area contributed by atoms with Gasteiger partial charge in [-0.15, -0.1) is 0 Å². The fourth-order valence-electron chi connectivity index (χ4n) is 2.96. The molecule has 1 aromatic carbocycles. The van der Waals surface area contributed by atoms with Crippen LogP contribution in [0.2, 0.25) is 0 Å². The number of nitrogens with one attached hydrogen (secondary N) is 1. The molecular weight excluding hydrogens is 424 g/mol. The zero-order valence-electron chi connectivity index (χ0n) is 17.4. The molecule has 9 heteroatoms. The number of nitriles is 1. The van der Waals surface area contributed by atoms with Gasteiger partial charge in [-0.2, -0.15) is 14.0 Å². The van der Waals surface area contributed by atoms with Crippen molar-refractivity contribution in [3.63, 3.8) is 0 Å². The lowest BCUT2D eigenvalue weighted by molar-refractivity contribution is -0.142. The van der Waals surface area contributed by atoms with E-state index in [1.54, 1.807) is 0 Å². The predicted molar refractivity (Wildman–Crippen MR) is 116 cm³/mol. The van der Waals surface area contributed by atoms with E-state index in [-0.39, 0.29) is 5.57 Å². The smallest absolute Gasteiger partial charge is 0.349 e. The third kappa shape index (κ3) is 6.96. The van der Waals surface area contributed by atoms with Gasteiger partial charge in [0.15, 0.2) is 6.61 Å². The Morgan fingerprint density at radius 2 is 1.97 bits per heavy atom. The van der Waals surface area contributed by atoms with Crippen molar-refractivity contribution in [2.75, 3.05) is 11.9 Å². The van der Waals surface area contributed by atoms with Gasteiger partial charge in [0.05, 0.1) is 0 Å². The van der Waals surface area contributed by atoms with E-state index < -0.39 is 24.2 Å². The van der Waals surface area contributed by atoms with Crippen LogP contribution in [0, 0.1) is 25.2 Å². The Hall–Kier alpha value is -3.12. The van der Waals surface area contributed by atoms with Crippen molar-refractivity contribution in [3.05, 3.63) is 52.9 Å². The van der Waals surface area contributed by atoms with Crippen LogP contribution in [0.15, 0.2) is 40.8 Å². The molecule has 0 saturated carbocycles.